The Morgan fingerprint density at radius 3 is 2.71 bits per heavy atom. The van der Waals surface area contributed by atoms with Gasteiger partial charge in [-0.25, -0.2) is 4.98 Å². The molecule has 2 heterocycles. The third kappa shape index (κ3) is 3.85. The number of benzene rings is 1. The number of hydrogen-bond donors (Lipinski definition) is 1. The van der Waals surface area contributed by atoms with Crippen LogP contribution in [0.1, 0.15) is 16.1 Å². The highest BCUT2D eigenvalue weighted by Crippen LogP contribution is 2.30. The van der Waals surface area contributed by atoms with Gasteiger partial charge in [0.2, 0.25) is 0 Å². The van der Waals surface area contributed by atoms with Crippen LogP contribution < -0.4 is 5.32 Å². The van der Waals surface area contributed by atoms with Crippen LogP contribution in [0.4, 0.5) is 5.82 Å². The molecule has 0 radical (unpaired) electrons. The van der Waals surface area contributed by atoms with E-state index >= 15 is 0 Å². The van der Waals surface area contributed by atoms with Crippen molar-refractivity contribution in [3.63, 3.8) is 0 Å². The summed E-state index contributed by atoms with van der Waals surface area (Å²) in [4.78, 5) is 17.8. The second-order valence-corrected chi connectivity index (χ2v) is 7.14. The summed E-state index contributed by atoms with van der Waals surface area (Å²) in [5.74, 6) is 0.497. The van der Waals surface area contributed by atoms with Crippen LogP contribution in [-0.4, -0.2) is 20.7 Å². The molecule has 3 aromatic rings. The number of amides is 1. The lowest BCUT2D eigenvalue weighted by atomic mass is 10.2. The molecule has 0 saturated carbocycles. The number of aryl methyl sites for hydroxylation is 2. The van der Waals surface area contributed by atoms with Gasteiger partial charge in [0, 0.05) is 28.7 Å². The van der Waals surface area contributed by atoms with E-state index in [1.807, 2.05) is 43.3 Å². The van der Waals surface area contributed by atoms with Gasteiger partial charge in [-0.3, -0.25) is 9.48 Å². The van der Waals surface area contributed by atoms with Gasteiger partial charge in [0.05, 0.1) is 11.3 Å². The molecule has 0 bridgehead atoms. The molecular formula is C17H15BrN4OS. The zero-order chi connectivity index (χ0) is 17.1. The van der Waals surface area contributed by atoms with Crippen LogP contribution in [0.15, 0.2) is 63.1 Å². The monoisotopic (exact) mass is 402 g/mol. The smallest absolute Gasteiger partial charge is 0.257 e. The summed E-state index contributed by atoms with van der Waals surface area (Å²) in [6.45, 7) is 1.89. The number of nitrogens with zero attached hydrogens (tertiary/aromatic N) is 3. The first kappa shape index (κ1) is 16.7. The lowest BCUT2D eigenvalue weighted by molar-refractivity contribution is 0.102. The van der Waals surface area contributed by atoms with E-state index in [1.165, 1.54) is 11.8 Å². The lowest BCUT2D eigenvalue weighted by Crippen LogP contribution is -2.15. The zero-order valence-electron chi connectivity index (χ0n) is 13.2. The Labute approximate surface area is 152 Å². The van der Waals surface area contributed by atoms with Gasteiger partial charge in [-0.15, -0.1) is 0 Å². The Bertz CT molecular complexity index is 877. The Kier molecular flexibility index (Phi) is 5.01. The molecule has 2 aromatic heterocycles. The van der Waals surface area contributed by atoms with E-state index in [9.17, 15) is 4.79 Å². The van der Waals surface area contributed by atoms with Crippen LogP contribution in [0.5, 0.6) is 0 Å². The third-order valence-corrected chi connectivity index (χ3v) is 4.79. The van der Waals surface area contributed by atoms with Gasteiger partial charge in [-0.1, -0.05) is 23.9 Å². The van der Waals surface area contributed by atoms with E-state index in [1.54, 1.807) is 24.0 Å². The van der Waals surface area contributed by atoms with E-state index in [-0.39, 0.29) is 5.91 Å². The minimum atomic E-state index is -0.168. The van der Waals surface area contributed by atoms with Gasteiger partial charge in [0.15, 0.2) is 0 Å². The average molecular weight is 403 g/mol. The zero-order valence-corrected chi connectivity index (χ0v) is 15.6. The predicted molar refractivity (Wildman–Crippen MR) is 98.4 cm³/mol. The molecule has 0 aliphatic carbocycles. The standard InChI is InChI=1S/C17H15BrN4OS/c1-11-9-15(22(2)21-11)20-17(23)13-5-3-4-6-14(13)24-16-8-7-12(18)10-19-16/h3-10H,1-2H3,(H,20,23). The van der Waals surface area contributed by atoms with E-state index < -0.39 is 0 Å². The van der Waals surface area contributed by atoms with Crippen LogP contribution in [0.25, 0.3) is 0 Å². The second kappa shape index (κ2) is 7.19. The van der Waals surface area contributed by atoms with Crippen molar-refractivity contribution in [2.75, 3.05) is 5.32 Å². The molecule has 3 rings (SSSR count). The Hall–Kier alpha value is -2.12. The summed E-state index contributed by atoms with van der Waals surface area (Å²) in [5.41, 5.74) is 1.46. The molecule has 0 fully saturated rings. The van der Waals surface area contributed by atoms with Crippen molar-refractivity contribution in [2.24, 2.45) is 7.05 Å². The Balaban J connectivity index is 1.84. The quantitative estimate of drug-likeness (QED) is 0.706. The van der Waals surface area contributed by atoms with Gasteiger partial charge >= 0.3 is 0 Å². The molecule has 0 saturated heterocycles. The normalized spacial score (nSPS) is 10.6. The van der Waals surface area contributed by atoms with Crippen LogP contribution in [0, 0.1) is 6.92 Å². The maximum Gasteiger partial charge on any atom is 0.257 e. The molecule has 0 atom stereocenters. The topological polar surface area (TPSA) is 59.8 Å². The van der Waals surface area contributed by atoms with Gasteiger partial charge in [-0.05, 0) is 47.1 Å². The molecule has 1 amide bonds. The maximum atomic E-state index is 12.6. The highest BCUT2D eigenvalue weighted by Gasteiger charge is 2.14. The van der Waals surface area contributed by atoms with Crippen molar-refractivity contribution in [2.45, 2.75) is 16.8 Å². The molecule has 0 spiro atoms. The van der Waals surface area contributed by atoms with Crippen molar-refractivity contribution < 1.29 is 4.79 Å². The van der Waals surface area contributed by atoms with Crippen LogP contribution in [0.2, 0.25) is 0 Å². The molecular weight excluding hydrogens is 388 g/mol. The molecule has 122 valence electrons. The highest BCUT2D eigenvalue weighted by atomic mass is 79.9. The minimum absolute atomic E-state index is 0.168. The minimum Gasteiger partial charge on any atom is -0.307 e. The van der Waals surface area contributed by atoms with E-state index in [2.05, 4.69) is 31.3 Å². The summed E-state index contributed by atoms with van der Waals surface area (Å²) in [6, 6.07) is 13.2. The fourth-order valence-corrected chi connectivity index (χ4v) is 3.31. The highest BCUT2D eigenvalue weighted by molar-refractivity contribution is 9.10. The molecule has 5 nitrogen and oxygen atoms in total. The Morgan fingerprint density at radius 1 is 1.25 bits per heavy atom. The number of hydrogen-bond acceptors (Lipinski definition) is 4. The van der Waals surface area contributed by atoms with Crippen LogP contribution in [0.3, 0.4) is 0 Å². The van der Waals surface area contributed by atoms with Crippen molar-refractivity contribution in [1.82, 2.24) is 14.8 Å². The molecule has 0 unspecified atom stereocenters. The van der Waals surface area contributed by atoms with Crippen LogP contribution >= 0.6 is 27.7 Å². The first-order valence-electron chi connectivity index (χ1n) is 7.23. The third-order valence-electron chi connectivity index (χ3n) is 3.29. The van der Waals surface area contributed by atoms with Crippen molar-refractivity contribution >= 4 is 39.4 Å². The Morgan fingerprint density at radius 2 is 2.04 bits per heavy atom. The molecule has 0 aliphatic rings. The van der Waals surface area contributed by atoms with Crippen molar-refractivity contribution in [1.29, 1.82) is 0 Å². The summed E-state index contributed by atoms with van der Waals surface area (Å²) in [6.07, 6.45) is 1.74. The van der Waals surface area contributed by atoms with Gasteiger partial charge in [-0.2, -0.15) is 5.10 Å². The number of carbonyl (C=O) groups is 1. The van der Waals surface area contributed by atoms with E-state index in [0.29, 0.717) is 11.4 Å². The summed E-state index contributed by atoms with van der Waals surface area (Å²) in [7, 11) is 1.80. The first-order valence-corrected chi connectivity index (χ1v) is 8.84. The number of pyridine rings is 1. The fraction of sp³-hybridized carbons (Fsp3) is 0.118. The molecule has 1 N–H and O–H groups in total. The van der Waals surface area contributed by atoms with Crippen LogP contribution in [-0.2, 0) is 7.05 Å². The fourth-order valence-electron chi connectivity index (χ4n) is 2.19. The first-order chi connectivity index (χ1) is 11.5. The number of carbonyl (C=O) groups excluding carboxylic acids is 1. The molecule has 0 aliphatic heterocycles. The second-order valence-electron chi connectivity index (χ2n) is 5.16. The van der Waals surface area contributed by atoms with Crippen molar-refractivity contribution in [3.05, 3.63) is 64.4 Å². The van der Waals surface area contributed by atoms with Gasteiger partial charge in [0.1, 0.15) is 10.8 Å². The number of anilines is 1. The number of rotatable bonds is 4. The van der Waals surface area contributed by atoms with Gasteiger partial charge in [0.25, 0.3) is 5.91 Å². The maximum absolute atomic E-state index is 12.6. The molecule has 24 heavy (non-hydrogen) atoms. The number of halogens is 1. The predicted octanol–water partition coefficient (Wildman–Crippen LogP) is 4.29. The summed E-state index contributed by atoms with van der Waals surface area (Å²) in [5, 5.41) is 7.97. The van der Waals surface area contributed by atoms with E-state index in [0.717, 1.165) is 20.1 Å². The average Bonchev–Trinajstić information content (AvgIpc) is 2.87. The molecule has 1 aromatic carbocycles. The summed E-state index contributed by atoms with van der Waals surface area (Å²) < 4.78 is 2.57. The van der Waals surface area contributed by atoms with E-state index in [4.69, 9.17) is 0 Å². The largest absolute Gasteiger partial charge is 0.307 e. The lowest BCUT2D eigenvalue weighted by Gasteiger charge is -2.09. The number of aromatic nitrogens is 3. The van der Waals surface area contributed by atoms with Gasteiger partial charge < -0.3 is 5.32 Å². The SMILES string of the molecule is Cc1cc(NC(=O)c2ccccc2Sc2ccc(Br)cn2)n(C)n1. The summed E-state index contributed by atoms with van der Waals surface area (Å²) >= 11 is 4.83. The van der Waals surface area contributed by atoms with Crippen molar-refractivity contribution in [3.8, 4) is 0 Å². The number of nitrogens with one attached hydrogen (secondary N) is 1. The molecule has 7 heteroatoms.